The number of para-hydroxylation sites is 3. The molecule has 3 aromatic carbocycles. The molecule has 146 valence electrons. The van der Waals surface area contributed by atoms with Crippen molar-refractivity contribution in [2.75, 3.05) is 14.2 Å². The fourth-order valence-electron chi connectivity index (χ4n) is 3.11. The molecule has 0 saturated carbocycles. The first kappa shape index (κ1) is 19.1. The fourth-order valence-corrected chi connectivity index (χ4v) is 4.07. The van der Waals surface area contributed by atoms with Gasteiger partial charge in [0.15, 0.2) is 5.16 Å². The largest absolute Gasteiger partial charge is 0.497 e. The number of fused-ring (bicyclic) bond motifs is 1. The highest BCUT2D eigenvalue weighted by atomic mass is 32.2. The van der Waals surface area contributed by atoms with E-state index < -0.39 is 0 Å². The number of methoxy groups -OCH3 is 2. The molecule has 0 amide bonds. The van der Waals surface area contributed by atoms with Gasteiger partial charge in [-0.15, -0.1) is 0 Å². The first-order chi connectivity index (χ1) is 14.2. The molecule has 0 aliphatic rings. The summed E-state index contributed by atoms with van der Waals surface area (Å²) in [5.74, 6) is 2.11. The van der Waals surface area contributed by atoms with Gasteiger partial charge in [-0.3, -0.25) is 9.36 Å². The van der Waals surface area contributed by atoms with Gasteiger partial charge in [-0.05, 0) is 42.0 Å². The van der Waals surface area contributed by atoms with Crippen LogP contribution in [0.2, 0.25) is 0 Å². The Kier molecular flexibility index (Phi) is 5.53. The van der Waals surface area contributed by atoms with E-state index in [2.05, 4.69) is 0 Å². The van der Waals surface area contributed by atoms with Gasteiger partial charge in [0.1, 0.15) is 11.5 Å². The van der Waals surface area contributed by atoms with Crippen LogP contribution in [0, 0.1) is 0 Å². The smallest absolute Gasteiger partial charge is 0.266 e. The maximum absolute atomic E-state index is 13.4. The standard InChI is InChI=1S/C23H20N2O3S/c1-27-17-13-11-16(12-14-17)15-29-23-24-19-8-4-3-7-18(19)22(26)25(23)20-9-5-6-10-21(20)28-2/h3-14H,15H2,1-2H3. The van der Waals surface area contributed by atoms with Crippen LogP contribution in [0.4, 0.5) is 0 Å². The molecule has 0 unspecified atom stereocenters. The van der Waals surface area contributed by atoms with E-state index >= 15 is 0 Å². The zero-order valence-corrected chi connectivity index (χ0v) is 17.0. The van der Waals surface area contributed by atoms with Gasteiger partial charge in [-0.1, -0.05) is 48.2 Å². The molecule has 5 nitrogen and oxygen atoms in total. The van der Waals surface area contributed by atoms with E-state index in [9.17, 15) is 4.79 Å². The van der Waals surface area contributed by atoms with E-state index in [1.165, 1.54) is 11.8 Å². The topological polar surface area (TPSA) is 53.3 Å². The van der Waals surface area contributed by atoms with E-state index in [1.807, 2.05) is 66.7 Å². The highest BCUT2D eigenvalue weighted by molar-refractivity contribution is 7.98. The minimum atomic E-state index is -0.114. The molecule has 0 N–H and O–H groups in total. The zero-order chi connectivity index (χ0) is 20.2. The second kappa shape index (κ2) is 8.41. The monoisotopic (exact) mass is 404 g/mol. The summed E-state index contributed by atoms with van der Waals surface area (Å²) >= 11 is 1.51. The van der Waals surface area contributed by atoms with Crippen molar-refractivity contribution in [1.29, 1.82) is 0 Å². The van der Waals surface area contributed by atoms with Crippen molar-refractivity contribution in [1.82, 2.24) is 9.55 Å². The lowest BCUT2D eigenvalue weighted by Gasteiger charge is -2.15. The van der Waals surface area contributed by atoms with E-state index in [1.54, 1.807) is 24.9 Å². The summed E-state index contributed by atoms with van der Waals surface area (Å²) in [7, 11) is 3.25. The van der Waals surface area contributed by atoms with Crippen LogP contribution >= 0.6 is 11.8 Å². The summed E-state index contributed by atoms with van der Waals surface area (Å²) in [4.78, 5) is 18.1. The molecule has 4 aromatic rings. The normalized spacial score (nSPS) is 10.8. The summed E-state index contributed by atoms with van der Waals surface area (Å²) in [5, 5.41) is 1.20. The Morgan fingerprint density at radius 1 is 0.897 bits per heavy atom. The van der Waals surface area contributed by atoms with Gasteiger partial charge in [0.2, 0.25) is 0 Å². The van der Waals surface area contributed by atoms with E-state index in [0.29, 0.717) is 33.2 Å². The molecule has 0 atom stereocenters. The summed E-state index contributed by atoms with van der Waals surface area (Å²) in [6.45, 7) is 0. The van der Waals surface area contributed by atoms with Gasteiger partial charge < -0.3 is 9.47 Å². The predicted molar refractivity (Wildman–Crippen MR) is 116 cm³/mol. The summed E-state index contributed by atoms with van der Waals surface area (Å²) in [6.07, 6.45) is 0. The molecule has 0 aliphatic carbocycles. The Bertz CT molecular complexity index is 1200. The lowest BCUT2D eigenvalue weighted by atomic mass is 10.2. The molecular weight excluding hydrogens is 384 g/mol. The van der Waals surface area contributed by atoms with Gasteiger partial charge in [0.05, 0.1) is 30.8 Å². The maximum atomic E-state index is 13.4. The van der Waals surface area contributed by atoms with Crippen molar-refractivity contribution in [2.24, 2.45) is 0 Å². The quantitative estimate of drug-likeness (QED) is 0.345. The Labute approximate surface area is 172 Å². The Hall–Kier alpha value is -3.25. The van der Waals surface area contributed by atoms with Crippen molar-refractivity contribution < 1.29 is 9.47 Å². The molecule has 0 fully saturated rings. The van der Waals surface area contributed by atoms with Crippen LogP contribution in [0.1, 0.15) is 5.56 Å². The zero-order valence-electron chi connectivity index (χ0n) is 16.2. The molecule has 4 rings (SSSR count). The minimum absolute atomic E-state index is 0.114. The molecule has 0 spiro atoms. The highest BCUT2D eigenvalue weighted by Crippen LogP contribution is 2.29. The SMILES string of the molecule is COc1ccc(CSc2nc3ccccc3c(=O)n2-c2ccccc2OC)cc1. The summed E-state index contributed by atoms with van der Waals surface area (Å²) in [5.41, 5.74) is 2.36. The molecule has 6 heteroatoms. The van der Waals surface area contributed by atoms with E-state index in [-0.39, 0.29) is 5.56 Å². The Morgan fingerprint density at radius 3 is 2.38 bits per heavy atom. The molecule has 0 bridgehead atoms. The molecule has 1 aromatic heterocycles. The van der Waals surface area contributed by atoms with Crippen LogP contribution in [-0.2, 0) is 5.75 Å². The van der Waals surface area contributed by atoms with E-state index in [4.69, 9.17) is 14.5 Å². The number of aromatic nitrogens is 2. The van der Waals surface area contributed by atoms with Gasteiger partial charge in [0, 0.05) is 5.75 Å². The maximum Gasteiger partial charge on any atom is 0.266 e. The Balaban J connectivity index is 1.82. The first-order valence-electron chi connectivity index (χ1n) is 9.12. The van der Waals surface area contributed by atoms with Crippen LogP contribution in [0.5, 0.6) is 11.5 Å². The molecule has 29 heavy (non-hydrogen) atoms. The second-order valence-corrected chi connectivity index (χ2v) is 7.30. The minimum Gasteiger partial charge on any atom is -0.497 e. The average molecular weight is 404 g/mol. The summed E-state index contributed by atoms with van der Waals surface area (Å²) in [6, 6.07) is 22.8. The van der Waals surface area contributed by atoms with Crippen molar-refractivity contribution in [3.05, 3.63) is 88.7 Å². The van der Waals surface area contributed by atoms with Gasteiger partial charge in [-0.25, -0.2) is 4.98 Å². The van der Waals surface area contributed by atoms with Gasteiger partial charge in [-0.2, -0.15) is 0 Å². The number of nitrogens with zero attached hydrogens (tertiary/aromatic N) is 2. The molecule has 1 heterocycles. The average Bonchev–Trinajstić information content (AvgIpc) is 2.78. The first-order valence-corrected chi connectivity index (χ1v) is 10.1. The number of rotatable bonds is 6. The Morgan fingerprint density at radius 2 is 1.62 bits per heavy atom. The van der Waals surface area contributed by atoms with Crippen LogP contribution < -0.4 is 15.0 Å². The molecule has 0 aliphatic heterocycles. The van der Waals surface area contributed by atoms with Crippen LogP contribution in [0.15, 0.2) is 82.7 Å². The number of hydrogen-bond donors (Lipinski definition) is 0. The number of benzene rings is 3. The van der Waals surface area contributed by atoms with Gasteiger partial charge in [0.25, 0.3) is 5.56 Å². The van der Waals surface area contributed by atoms with Crippen molar-refractivity contribution in [2.45, 2.75) is 10.9 Å². The van der Waals surface area contributed by atoms with Crippen LogP contribution in [0.25, 0.3) is 16.6 Å². The molecule has 0 saturated heterocycles. The summed E-state index contributed by atoms with van der Waals surface area (Å²) < 4.78 is 12.4. The predicted octanol–water partition coefficient (Wildman–Crippen LogP) is 4.70. The third-order valence-corrected chi connectivity index (χ3v) is 5.61. The van der Waals surface area contributed by atoms with Crippen LogP contribution in [0.3, 0.4) is 0 Å². The van der Waals surface area contributed by atoms with Crippen molar-refractivity contribution in [3.8, 4) is 17.2 Å². The lowest BCUT2D eigenvalue weighted by molar-refractivity contribution is 0.411. The molecular formula is C23H20N2O3S. The van der Waals surface area contributed by atoms with Gasteiger partial charge >= 0.3 is 0 Å². The number of hydrogen-bond acceptors (Lipinski definition) is 5. The third-order valence-electron chi connectivity index (χ3n) is 4.60. The van der Waals surface area contributed by atoms with Crippen molar-refractivity contribution >= 4 is 22.7 Å². The fraction of sp³-hybridized carbons (Fsp3) is 0.130. The number of thioether (sulfide) groups is 1. The number of ether oxygens (including phenoxy) is 2. The second-order valence-electron chi connectivity index (χ2n) is 6.36. The van der Waals surface area contributed by atoms with E-state index in [0.717, 1.165) is 11.3 Å². The van der Waals surface area contributed by atoms with Crippen LogP contribution in [-0.4, -0.2) is 23.8 Å². The third kappa shape index (κ3) is 3.84. The molecule has 0 radical (unpaired) electrons. The highest BCUT2D eigenvalue weighted by Gasteiger charge is 2.16. The lowest BCUT2D eigenvalue weighted by Crippen LogP contribution is -2.22. The van der Waals surface area contributed by atoms with Crippen molar-refractivity contribution in [3.63, 3.8) is 0 Å².